The average Bonchev–Trinajstić information content (AvgIpc) is 3.17. The van der Waals surface area contributed by atoms with Gasteiger partial charge in [0.15, 0.2) is 17.3 Å². The summed E-state index contributed by atoms with van der Waals surface area (Å²) in [6.07, 6.45) is 8.59. The highest BCUT2D eigenvalue weighted by molar-refractivity contribution is 6.19. The summed E-state index contributed by atoms with van der Waals surface area (Å²) in [6, 6.07) is 10.7. The number of amidine groups is 1. The average molecular weight is 478 g/mol. The van der Waals surface area contributed by atoms with Crippen molar-refractivity contribution in [2.24, 2.45) is 16.8 Å². The second kappa shape index (κ2) is 11.1. The van der Waals surface area contributed by atoms with E-state index in [0.29, 0.717) is 39.1 Å². The molecule has 184 valence electrons. The lowest BCUT2D eigenvalue weighted by atomic mass is 9.98. The maximum absolute atomic E-state index is 13.6. The number of benzene rings is 2. The minimum atomic E-state index is -0.243. The van der Waals surface area contributed by atoms with Gasteiger partial charge < -0.3 is 25.5 Å². The van der Waals surface area contributed by atoms with E-state index in [-0.39, 0.29) is 23.4 Å². The summed E-state index contributed by atoms with van der Waals surface area (Å²) in [5.41, 5.74) is 3.73. The quantitative estimate of drug-likeness (QED) is 0.117. The van der Waals surface area contributed by atoms with Crippen molar-refractivity contribution >= 4 is 22.4 Å². The summed E-state index contributed by atoms with van der Waals surface area (Å²) in [7, 11) is 3.07. The number of carbonyl (C=O) groups excluding carboxylic acids is 1. The number of nitrogens with two attached hydrogens (primary N) is 2. The predicted octanol–water partition coefficient (Wildman–Crippen LogP) is 3.67. The van der Waals surface area contributed by atoms with Crippen LogP contribution in [0.3, 0.4) is 0 Å². The van der Waals surface area contributed by atoms with Gasteiger partial charge in [0, 0.05) is 28.1 Å². The first-order valence-corrected chi connectivity index (χ1v) is 11.7. The van der Waals surface area contributed by atoms with Gasteiger partial charge in [-0.3, -0.25) is 9.78 Å². The van der Waals surface area contributed by atoms with Crippen molar-refractivity contribution in [3.63, 3.8) is 0 Å². The molecule has 1 aliphatic rings. The maximum atomic E-state index is 13.6. The van der Waals surface area contributed by atoms with Crippen molar-refractivity contribution in [2.45, 2.75) is 44.6 Å². The van der Waals surface area contributed by atoms with Gasteiger partial charge in [0.05, 0.1) is 20.3 Å². The van der Waals surface area contributed by atoms with E-state index in [0.717, 1.165) is 12.8 Å². The summed E-state index contributed by atoms with van der Waals surface area (Å²) in [6.45, 7) is 0. The molecule has 0 aliphatic heterocycles. The number of rotatable bonds is 7. The third-order valence-electron chi connectivity index (χ3n) is 6.33. The van der Waals surface area contributed by atoms with Gasteiger partial charge in [-0.2, -0.15) is 5.10 Å². The van der Waals surface area contributed by atoms with Gasteiger partial charge in [-0.1, -0.05) is 25.0 Å². The number of ketones is 1. The van der Waals surface area contributed by atoms with Crippen molar-refractivity contribution in [1.29, 1.82) is 0 Å². The Morgan fingerprint density at radius 3 is 2.34 bits per heavy atom. The molecule has 0 saturated heterocycles. The Kier molecular flexibility index (Phi) is 7.67. The summed E-state index contributed by atoms with van der Waals surface area (Å²) < 4.78 is 17.2. The number of ether oxygens (including phenoxy) is 3. The van der Waals surface area contributed by atoms with E-state index in [1.54, 1.807) is 24.3 Å². The summed E-state index contributed by atoms with van der Waals surface area (Å²) in [4.78, 5) is 18.1. The largest absolute Gasteiger partial charge is 0.493 e. The van der Waals surface area contributed by atoms with Gasteiger partial charge in [-0.15, -0.1) is 0 Å². The number of hydrogen-bond donors (Lipinski definition) is 3. The Morgan fingerprint density at radius 1 is 1.03 bits per heavy atom. The zero-order chi connectivity index (χ0) is 24.8. The minimum Gasteiger partial charge on any atom is -0.493 e. The molecule has 1 aromatic heterocycles. The number of nitrogens with zero attached hydrogens (tertiary/aromatic N) is 2. The standard InChI is InChI=1S/C26H31N5O4/c1-33-22-13-19-20(14-23(22)34-2)24(29-15-21(19)26(30-27)31-28)25(32)16-8-7-11-18(12-16)35-17-9-5-3-4-6-10-17/h7-8,11-15,17H,3-6,9-10,27-28H2,1-2H3,(H,30,31). The maximum Gasteiger partial charge on any atom is 0.212 e. The lowest BCUT2D eigenvalue weighted by molar-refractivity contribution is 0.103. The van der Waals surface area contributed by atoms with Crippen molar-refractivity contribution in [1.82, 2.24) is 10.4 Å². The highest BCUT2D eigenvalue weighted by Crippen LogP contribution is 2.35. The SMILES string of the molecule is COc1cc2c(C(=NN)NN)cnc(C(=O)c3cccc(OC4CCCCCC4)c3)c2cc1OC. The van der Waals surface area contributed by atoms with Crippen LogP contribution in [0.15, 0.2) is 47.7 Å². The number of pyridine rings is 1. The van der Waals surface area contributed by atoms with Crippen LogP contribution in [0.2, 0.25) is 0 Å². The van der Waals surface area contributed by atoms with Crippen LogP contribution in [0, 0.1) is 0 Å². The molecule has 0 amide bonds. The molecule has 1 saturated carbocycles. The topological polar surface area (TPSA) is 134 Å². The molecule has 1 aliphatic carbocycles. The third kappa shape index (κ3) is 5.14. The van der Waals surface area contributed by atoms with Crippen LogP contribution in [0.4, 0.5) is 0 Å². The Labute approximate surface area is 204 Å². The Hall–Kier alpha value is -3.85. The van der Waals surface area contributed by atoms with Gasteiger partial charge in [0.25, 0.3) is 0 Å². The Morgan fingerprint density at radius 2 is 1.71 bits per heavy atom. The number of carbonyl (C=O) groups is 1. The van der Waals surface area contributed by atoms with E-state index in [2.05, 4.69) is 15.5 Å². The smallest absolute Gasteiger partial charge is 0.212 e. The lowest BCUT2D eigenvalue weighted by Gasteiger charge is -2.17. The molecule has 35 heavy (non-hydrogen) atoms. The van der Waals surface area contributed by atoms with E-state index in [1.165, 1.54) is 46.1 Å². The van der Waals surface area contributed by atoms with Gasteiger partial charge in [-0.05, 0) is 49.9 Å². The zero-order valence-corrected chi connectivity index (χ0v) is 20.0. The fourth-order valence-corrected chi connectivity index (χ4v) is 4.52. The van der Waals surface area contributed by atoms with Crippen LogP contribution < -0.4 is 31.3 Å². The number of fused-ring (bicyclic) bond motifs is 1. The normalized spacial score (nSPS) is 14.9. The third-order valence-corrected chi connectivity index (χ3v) is 6.33. The first-order valence-electron chi connectivity index (χ1n) is 11.7. The van der Waals surface area contributed by atoms with Crippen LogP contribution in [0.5, 0.6) is 17.2 Å². The van der Waals surface area contributed by atoms with Crippen molar-refractivity contribution in [3.8, 4) is 17.2 Å². The fraction of sp³-hybridized carbons (Fsp3) is 0.346. The van der Waals surface area contributed by atoms with Crippen LogP contribution >= 0.6 is 0 Å². The van der Waals surface area contributed by atoms with Gasteiger partial charge in [-0.25, -0.2) is 5.84 Å². The van der Waals surface area contributed by atoms with E-state index >= 15 is 0 Å². The number of hydrazone groups is 1. The number of methoxy groups -OCH3 is 2. The first kappa shape index (κ1) is 24.3. The summed E-state index contributed by atoms with van der Waals surface area (Å²) in [5.74, 6) is 12.7. The highest BCUT2D eigenvalue weighted by Gasteiger charge is 2.22. The van der Waals surface area contributed by atoms with E-state index < -0.39 is 0 Å². The van der Waals surface area contributed by atoms with Crippen LogP contribution in [-0.2, 0) is 0 Å². The molecule has 3 aromatic rings. The number of aromatic nitrogens is 1. The second-order valence-corrected chi connectivity index (χ2v) is 8.48. The molecular weight excluding hydrogens is 446 g/mol. The summed E-state index contributed by atoms with van der Waals surface area (Å²) >= 11 is 0. The molecule has 5 N–H and O–H groups in total. The molecule has 0 radical (unpaired) electrons. The number of hydrazine groups is 1. The number of nitrogens with one attached hydrogen (secondary N) is 1. The van der Waals surface area contributed by atoms with Gasteiger partial charge in [0.2, 0.25) is 5.78 Å². The fourth-order valence-electron chi connectivity index (χ4n) is 4.52. The molecule has 0 atom stereocenters. The summed E-state index contributed by atoms with van der Waals surface area (Å²) in [5, 5.41) is 4.88. The number of hydrogen-bond acceptors (Lipinski definition) is 8. The lowest BCUT2D eigenvalue weighted by Crippen LogP contribution is -2.32. The first-order chi connectivity index (χ1) is 17.1. The van der Waals surface area contributed by atoms with Gasteiger partial charge >= 0.3 is 0 Å². The Balaban J connectivity index is 1.76. The monoisotopic (exact) mass is 477 g/mol. The van der Waals surface area contributed by atoms with E-state index in [9.17, 15) is 4.79 Å². The molecule has 0 bridgehead atoms. The van der Waals surface area contributed by atoms with Crippen molar-refractivity contribution in [2.75, 3.05) is 14.2 Å². The highest BCUT2D eigenvalue weighted by atomic mass is 16.5. The zero-order valence-electron chi connectivity index (χ0n) is 20.0. The Bertz CT molecular complexity index is 1240. The van der Waals surface area contributed by atoms with Crippen LogP contribution in [0.25, 0.3) is 10.8 Å². The molecule has 1 fully saturated rings. The minimum absolute atomic E-state index is 0.176. The molecule has 9 nitrogen and oxygen atoms in total. The van der Waals surface area contributed by atoms with Crippen LogP contribution in [-0.4, -0.2) is 36.9 Å². The van der Waals surface area contributed by atoms with Crippen LogP contribution in [0.1, 0.15) is 60.1 Å². The van der Waals surface area contributed by atoms with Crippen molar-refractivity contribution < 1.29 is 19.0 Å². The van der Waals surface area contributed by atoms with Gasteiger partial charge in [0.1, 0.15) is 11.4 Å². The second-order valence-electron chi connectivity index (χ2n) is 8.48. The molecule has 0 spiro atoms. The molecule has 9 heteroatoms. The molecule has 2 aromatic carbocycles. The molecule has 4 rings (SSSR count). The van der Waals surface area contributed by atoms with Crippen molar-refractivity contribution in [3.05, 3.63) is 59.4 Å². The van der Waals surface area contributed by atoms with E-state index in [1.807, 2.05) is 12.1 Å². The molecular formula is C26H31N5O4. The molecule has 0 unspecified atom stereocenters. The predicted molar refractivity (Wildman–Crippen MR) is 135 cm³/mol. The molecule has 1 heterocycles. The van der Waals surface area contributed by atoms with E-state index in [4.69, 9.17) is 25.9 Å².